The Morgan fingerprint density at radius 1 is 0.474 bits per heavy atom. The van der Waals surface area contributed by atoms with E-state index in [0.29, 0.717) is 0 Å². The van der Waals surface area contributed by atoms with Crippen LogP contribution in [0.1, 0.15) is 0 Å². The van der Waals surface area contributed by atoms with Crippen molar-refractivity contribution >= 4 is 14.6 Å². The fraction of sp³-hybridized carbons (Fsp3) is 0. The van der Waals surface area contributed by atoms with Gasteiger partial charge in [0.25, 0.3) is 0 Å². The second kappa shape index (κ2) is 134. The predicted octanol–water partition coefficient (Wildman–Crippen LogP) is -16.0. The third-order valence-corrected chi connectivity index (χ3v) is 0. The van der Waals surface area contributed by atoms with Gasteiger partial charge in [-0.25, -0.2) is 0 Å². The molecule has 25 N–H and O–H groups in total. The van der Waals surface area contributed by atoms with Gasteiger partial charge in [-0.15, -0.1) is 0 Å². The van der Waals surface area contributed by atoms with Gasteiger partial charge in [0.1, 0.15) is 0 Å². The molecule has 0 unspecified atom stereocenters. The van der Waals surface area contributed by atoms with Gasteiger partial charge in [-0.3, -0.25) is 0 Å². The minimum absolute atomic E-state index is 0. The maximum atomic E-state index is 8.64. The third kappa shape index (κ3) is 21000. The van der Waals surface area contributed by atoms with Gasteiger partial charge >= 0.3 is 44.2 Å². The van der Waals surface area contributed by atoms with E-state index in [4.69, 9.17) is 30.1 Å². The van der Waals surface area contributed by atoms with Crippen molar-refractivity contribution in [3.63, 3.8) is 0 Å². The first-order valence-electron chi connectivity index (χ1n) is 1.53. The van der Waals surface area contributed by atoms with E-state index in [-0.39, 0.29) is 84.3 Å². The molecule has 0 saturated carbocycles. The van der Waals surface area contributed by atoms with Gasteiger partial charge in [-0.1, -0.05) is 0 Å². The average Bonchev–Trinajstić information content (AvgIpc) is 1.25. The van der Waals surface area contributed by atoms with Crippen molar-refractivity contribution in [1.82, 2.24) is 0 Å². The van der Waals surface area contributed by atoms with E-state index < -0.39 is 14.6 Å². The molecule has 0 radical (unpaired) electrons. The second-order valence-corrected chi connectivity index (χ2v) is 0.673. The molecule has 0 aliphatic rings. The summed E-state index contributed by atoms with van der Waals surface area (Å²) in [5.74, 6) is 0. The Morgan fingerprint density at radius 2 is 0.474 bits per heavy atom. The molecule has 0 fully saturated rings. The minimum Gasteiger partial charge on any atom is -0.832 e. The molecule has 0 bridgehead atoms. The van der Waals surface area contributed by atoms with Gasteiger partial charge in [0, 0.05) is 0 Å². The molecule has 0 atom stereocenters. The van der Waals surface area contributed by atoms with E-state index in [1.54, 1.807) is 0 Å². The van der Waals surface area contributed by atoms with E-state index >= 15 is 0 Å². The van der Waals surface area contributed by atoms with Gasteiger partial charge < -0.3 is 84.9 Å². The van der Waals surface area contributed by atoms with Crippen LogP contribution in [0.15, 0.2) is 0 Å². The molecule has 0 heterocycles. The summed E-state index contributed by atoms with van der Waals surface area (Å²) in [5.41, 5.74) is 0. The summed E-state index contributed by atoms with van der Waals surface area (Å²) in [6, 6.07) is 0. The Kier molecular flexibility index (Phi) is 1120. The van der Waals surface area contributed by atoms with Gasteiger partial charge in [0.2, 0.25) is 0 Å². The fourth-order valence-corrected chi connectivity index (χ4v) is 0. The molecule has 0 aliphatic heterocycles. The van der Waals surface area contributed by atoms with Crippen LogP contribution in [0.3, 0.4) is 0 Å². The SMILES string of the molecule is O.O.O.O.O.O.O.O.O.O.OB(O)O.[Na+].[O-]B(O)O. The van der Waals surface area contributed by atoms with Crippen LogP contribution < -0.4 is 34.6 Å². The van der Waals surface area contributed by atoms with Crippen molar-refractivity contribution in [1.29, 1.82) is 0 Å². The largest absolute Gasteiger partial charge is 1.00 e. The van der Waals surface area contributed by atoms with Crippen molar-refractivity contribution in [2.45, 2.75) is 0 Å². The Balaban J connectivity index is -0.00000000218. The number of rotatable bonds is 0. The van der Waals surface area contributed by atoms with Gasteiger partial charge in [0.05, 0.1) is 0 Å². The fourth-order valence-electron chi connectivity index (χ4n) is 0. The van der Waals surface area contributed by atoms with Crippen LogP contribution >= 0.6 is 0 Å². The normalized spacial score (nSPS) is 2.84. The molecule has 19 heteroatoms. The summed E-state index contributed by atoms with van der Waals surface area (Å²) in [7, 11) is -4.58. The van der Waals surface area contributed by atoms with Crippen LogP contribution in [0.5, 0.6) is 0 Å². The first kappa shape index (κ1) is 158. The number of hydrogen-bond donors (Lipinski definition) is 5. The quantitative estimate of drug-likeness (QED) is 0.268. The Morgan fingerprint density at radius 3 is 0.474 bits per heavy atom. The summed E-state index contributed by atoms with van der Waals surface area (Å²) in [6.07, 6.45) is 0. The second-order valence-electron chi connectivity index (χ2n) is 0.673. The Bertz CT molecular complexity index is 30.2. The van der Waals surface area contributed by atoms with Gasteiger partial charge in [0.15, 0.2) is 0 Å². The van der Waals surface area contributed by atoms with Gasteiger partial charge in [-0.05, 0) is 0 Å². The van der Waals surface area contributed by atoms with Crippen LogP contribution in [-0.4, -0.2) is 94.5 Å². The smallest absolute Gasteiger partial charge is 0.832 e. The van der Waals surface area contributed by atoms with Crippen LogP contribution in [-0.2, 0) is 0 Å². The Labute approximate surface area is 129 Å². The predicted molar refractivity (Wildman–Crippen MR) is 58.7 cm³/mol. The van der Waals surface area contributed by atoms with Crippen molar-refractivity contribution in [2.75, 3.05) is 0 Å². The molecule has 0 aromatic carbocycles. The summed E-state index contributed by atoms with van der Waals surface area (Å²) < 4.78 is 0. The summed E-state index contributed by atoms with van der Waals surface area (Å²) in [6.45, 7) is 0. The van der Waals surface area contributed by atoms with Crippen LogP contribution in [0, 0.1) is 0 Å². The molecular formula is H25B2NaO16. The topological polar surface area (TPSA) is 439 Å². The molecule has 128 valence electrons. The summed E-state index contributed by atoms with van der Waals surface area (Å²) >= 11 is 0. The van der Waals surface area contributed by atoms with E-state index in [0.717, 1.165) is 0 Å². The molecule has 0 rings (SSSR count). The zero-order valence-corrected chi connectivity index (χ0v) is 11.8. The first-order chi connectivity index (χ1) is 3.46. The summed E-state index contributed by atoms with van der Waals surface area (Å²) in [4.78, 5) is 0. The zero-order valence-electron chi connectivity index (χ0n) is 9.80. The molecule has 16 nitrogen and oxygen atoms in total. The van der Waals surface area contributed by atoms with Crippen molar-refractivity contribution < 1.29 is 114 Å². The number of hydrogen-bond acceptors (Lipinski definition) is 6. The van der Waals surface area contributed by atoms with Crippen LogP contribution in [0.25, 0.3) is 0 Å². The molecule has 0 spiro atoms. The summed E-state index contributed by atoms with van der Waals surface area (Å²) in [5, 5.41) is 44.2. The Hall–Kier alpha value is 0.490. The van der Waals surface area contributed by atoms with E-state index in [1.807, 2.05) is 0 Å². The molecular weight excluding hydrogens is 301 g/mol. The average molecular weight is 326 g/mol. The molecule has 19 heavy (non-hydrogen) atoms. The van der Waals surface area contributed by atoms with Crippen molar-refractivity contribution in [3.05, 3.63) is 0 Å². The molecule has 0 saturated heterocycles. The molecule has 0 aromatic rings. The monoisotopic (exact) mass is 326 g/mol. The van der Waals surface area contributed by atoms with Crippen molar-refractivity contribution in [3.8, 4) is 0 Å². The van der Waals surface area contributed by atoms with E-state index in [1.165, 1.54) is 0 Å². The maximum absolute atomic E-state index is 8.64. The molecule has 0 amide bonds. The maximum Gasteiger partial charge on any atom is 1.00 e. The van der Waals surface area contributed by atoms with E-state index in [2.05, 4.69) is 0 Å². The van der Waals surface area contributed by atoms with Gasteiger partial charge in [-0.2, -0.15) is 0 Å². The molecule has 0 aliphatic carbocycles. The standard InChI is InChI=1S/BH3O3.BH2O3.Na.10H2O/c2*2-1(3)4;;;;;;;;;;;/h2-4H;2-3H;;10*1H2/q;-1;+1;;;;;;;;;;. The third-order valence-electron chi connectivity index (χ3n) is 0. The van der Waals surface area contributed by atoms with Crippen LogP contribution in [0.2, 0.25) is 0 Å². The van der Waals surface area contributed by atoms with Crippen LogP contribution in [0.4, 0.5) is 0 Å². The van der Waals surface area contributed by atoms with Crippen molar-refractivity contribution in [2.24, 2.45) is 0 Å². The first-order valence-corrected chi connectivity index (χ1v) is 1.53. The molecule has 0 aromatic heterocycles. The van der Waals surface area contributed by atoms with E-state index in [9.17, 15) is 0 Å². The minimum atomic E-state index is -2.42. The zero-order chi connectivity index (χ0) is 7.15.